The van der Waals surface area contributed by atoms with E-state index in [1.165, 1.54) is 6.07 Å². The summed E-state index contributed by atoms with van der Waals surface area (Å²) in [7, 11) is 1.57. The third kappa shape index (κ3) is 4.74. The van der Waals surface area contributed by atoms with Crippen molar-refractivity contribution in [1.82, 2.24) is 0 Å². The van der Waals surface area contributed by atoms with Crippen molar-refractivity contribution in [2.24, 2.45) is 5.73 Å². The number of nitrogens with two attached hydrogens (primary N) is 1. The largest absolute Gasteiger partial charge is 0.497 e. The first kappa shape index (κ1) is 15.1. The van der Waals surface area contributed by atoms with Gasteiger partial charge in [0.25, 0.3) is 0 Å². The molecule has 0 heterocycles. The average molecular weight is 272 g/mol. The summed E-state index contributed by atoms with van der Waals surface area (Å²) in [6.07, 6.45) is 4.09. The first-order valence-electron chi connectivity index (χ1n) is 6.00. The van der Waals surface area contributed by atoms with Gasteiger partial charge in [0.1, 0.15) is 11.6 Å². The second kappa shape index (κ2) is 8.21. The Morgan fingerprint density at radius 3 is 2.89 bits per heavy atom. The molecule has 0 saturated heterocycles. The number of benzene rings is 1. The summed E-state index contributed by atoms with van der Waals surface area (Å²) in [5, 5.41) is 3.14. The quantitative estimate of drug-likeness (QED) is 0.714. The van der Waals surface area contributed by atoms with Crippen molar-refractivity contribution in [3.8, 4) is 5.75 Å². The Kier molecular flexibility index (Phi) is 6.90. The third-order valence-electron chi connectivity index (χ3n) is 2.72. The van der Waals surface area contributed by atoms with Gasteiger partial charge in [-0.15, -0.1) is 0 Å². The maximum absolute atomic E-state index is 13.6. The topological polar surface area (TPSA) is 47.3 Å². The molecule has 1 atom stereocenters. The fraction of sp³-hybridized carbons (Fsp3) is 0.538. The third-order valence-corrected chi connectivity index (χ3v) is 3.42. The predicted octanol–water partition coefficient (Wildman–Crippen LogP) is 2.72. The highest BCUT2D eigenvalue weighted by Gasteiger charge is 2.10. The van der Waals surface area contributed by atoms with E-state index in [4.69, 9.17) is 10.5 Å². The van der Waals surface area contributed by atoms with E-state index in [1.807, 2.05) is 0 Å². The van der Waals surface area contributed by atoms with Crippen LogP contribution in [-0.2, 0) is 0 Å². The second-order valence-electron chi connectivity index (χ2n) is 4.06. The Bertz CT molecular complexity index is 363. The second-order valence-corrected chi connectivity index (χ2v) is 5.04. The van der Waals surface area contributed by atoms with Gasteiger partial charge in [0.05, 0.1) is 12.8 Å². The van der Waals surface area contributed by atoms with Crippen LogP contribution in [0.15, 0.2) is 18.2 Å². The molecular formula is C13H21FN2OS. The molecule has 3 N–H and O–H groups in total. The number of hydrogen-bond donors (Lipinski definition) is 2. The van der Waals surface area contributed by atoms with Gasteiger partial charge in [0.2, 0.25) is 0 Å². The maximum atomic E-state index is 13.6. The molecule has 3 nitrogen and oxygen atoms in total. The molecule has 0 aliphatic heterocycles. The maximum Gasteiger partial charge on any atom is 0.146 e. The van der Waals surface area contributed by atoms with Gasteiger partial charge in [-0.25, -0.2) is 4.39 Å². The highest BCUT2D eigenvalue weighted by atomic mass is 32.2. The zero-order chi connectivity index (χ0) is 13.4. The van der Waals surface area contributed by atoms with Gasteiger partial charge in [-0.05, 0) is 37.0 Å². The number of nitrogens with one attached hydrogen (secondary N) is 1. The molecule has 1 aromatic carbocycles. The van der Waals surface area contributed by atoms with E-state index in [0.29, 0.717) is 18.0 Å². The van der Waals surface area contributed by atoms with Crippen molar-refractivity contribution in [2.45, 2.75) is 18.9 Å². The van der Waals surface area contributed by atoms with Crippen molar-refractivity contribution < 1.29 is 9.13 Å². The summed E-state index contributed by atoms with van der Waals surface area (Å²) >= 11 is 1.81. The van der Waals surface area contributed by atoms with Crippen LogP contribution in [0, 0.1) is 5.82 Å². The van der Waals surface area contributed by atoms with Crippen LogP contribution >= 0.6 is 11.8 Å². The zero-order valence-electron chi connectivity index (χ0n) is 10.9. The van der Waals surface area contributed by atoms with E-state index in [2.05, 4.69) is 11.6 Å². The molecule has 1 unspecified atom stereocenters. The van der Waals surface area contributed by atoms with E-state index in [0.717, 1.165) is 18.6 Å². The van der Waals surface area contributed by atoms with Crippen molar-refractivity contribution in [1.29, 1.82) is 0 Å². The minimum atomic E-state index is -0.279. The Morgan fingerprint density at radius 1 is 1.50 bits per heavy atom. The number of methoxy groups -OCH3 is 1. The van der Waals surface area contributed by atoms with Crippen molar-refractivity contribution in [3.05, 3.63) is 24.0 Å². The van der Waals surface area contributed by atoms with E-state index in [1.54, 1.807) is 31.0 Å². The molecule has 102 valence electrons. The van der Waals surface area contributed by atoms with E-state index < -0.39 is 0 Å². The Balaban J connectivity index is 2.62. The van der Waals surface area contributed by atoms with E-state index in [9.17, 15) is 4.39 Å². The number of thioether (sulfide) groups is 1. The van der Waals surface area contributed by atoms with Gasteiger partial charge in [-0.3, -0.25) is 0 Å². The summed E-state index contributed by atoms with van der Waals surface area (Å²) in [6.45, 7) is 0.491. The molecule has 5 heteroatoms. The molecule has 0 spiro atoms. The van der Waals surface area contributed by atoms with Gasteiger partial charge in [0, 0.05) is 18.7 Å². The summed E-state index contributed by atoms with van der Waals surface area (Å²) < 4.78 is 18.7. The number of ether oxygens (including phenoxy) is 1. The van der Waals surface area contributed by atoms with Crippen LogP contribution in [0.5, 0.6) is 5.75 Å². The van der Waals surface area contributed by atoms with E-state index >= 15 is 0 Å². The minimum Gasteiger partial charge on any atom is -0.497 e. The van der Waals surface area contributed by atoms with Gasteiger partial charge in [-0.1, -0.05) is 0 Å². The Morgan fingerprint density at radius 2 is 2.28 bits per heavy atom. The van der Waals surface area contributed by atoms with Gasteiger partial charge < -0.3 is 15.8 Å². The smallest absolute Gasteiger partial charge is 0.146 e. The Labute approximate surface area is 112 Å². The lowest BCUT2D eigenvalue weighted by molar-refractivity contribution is 0.414. The lowest BCUT2D eigenvalue weighted by Crippen LogP contribution is -2.29. The number of anilines is 1. The fourth-order valence-corrected chi connectivity index (χ4v) is 2.14. The molecule has 1 rings (SSSR count). The highest BCUT2D eigenvalue weighted by molar-refractivity contribution is 7.98. The first-order valence-corrected chi connectivity index (χ1v) is 7.39. The van der Waals surface area contributed by atoms with Gasteiger partial charge in [-0.2, -0.15) is 11.8 Å². The molecule has 0 bridgehead atoms. The monoisotopic (exact) mass is 272 g/mol. The van der Waals surface area contributed by atoms with Crippen LogP contribution in [0.2, 0.25) is 0 Å². The highest BCUT2D eigenvalue weighted by Crippen LogP contribution is 2.22. The van der Waals surface area contributed by atoms with Crippen LogP contribution in [0.3, 0.4) is 0 Å². The SMILES string of the molecule is COc1ccc(F)c(NC(CN)CCCSC)c1. The summed E-state index contributed by atoms with van der Waals surface area (Å²) in [6, 6.07) is 4.76. The molecule has 0 aromatic heterocycles. The fourth-order valence-electron chi connectivity index (χ4n) is 1.68. The van der Waals surface area contributed by atoms with Crippen LogP contribution in [0.4, 0.5) is 10.1 Å². The molecule has 18 heavy (non-hydrogen) atoms. The summed E-state index contributed by atoms with van der Waals surface area (Å²) in [5.74, 6) is 1.46. The molecule has 0 aliphatic carbocycles. The molecule has 0 fully saturated rings. The molecule has 0 radical (unpaired) electrons. The zero-order valence-corrected chi connectivity index (χ0v) is 11.7. The van der Waals surface area contributed by atoms with Gasteiger partial charge in [0.15, 0.2) is 0 Å². The standard InChI is InChI=1S/C13H21FN2OS/c1-17-11-5-6-12(14)13(8-11)16-10(9-15)4-3-7-18-2/h5-6,8,10,16H,3-4,7,9,15H2,1-2H3. The van der Waals surface area contributed by atoms with Crippen LogP contribution < -0.4 is 15.8 Å². The minimum absolute atomic E-state index is 0.0961. The first-order chi connectivity index (χ1) is 8.71. The van der Waals surface area contributed by atoms with Crippen LogP contribution in [0.1, 0.15) is 12.8 Å². The van der Waals surface area contributed by atoms with Gasteiger partial charge >= 0.3 is 0 Å². The number of rotatable bonds is 8. The molecule has 0 aliphatic rings. The van der Waals surface area contributed by atoms with Crippen LogP contribution in [0.25, 0.3) is 0 Å². The van der Waals surface area contributed by atoms with Crippen molar-refractivity contribution in [2.75, 3.05) is 31.0 Å². The van der Waals surface area contributed by atoms with Crippen LogP contribution in [-0.4, -0.2) is 31.7 Å². The lowest BCUT2D eigenvalue weighted by atomic mass is 10.1. The number of hydrogen-bond acceptors (Lipinski definition) is 4. The van der Waals surface area contributed by atoms with Crippen molar-refractivity contribution >= 4 is 17.4 Å². The molecule has 0 amide bonds. The lowest BCUT2D eigenvalue weighted by Gasteiger charge is -2.18. The molecule has 0 saturated carbocycles. The van der Waals surface area contributed by atoms with E-state index in [-0.39, 0.29) is 11.9 Å². The molecular weight excluding hydrogens is 251 g/mol. The summed E-state index contributed by atoms with van der Waals surface area (Å²) in [4.78, 5) is 0. The number of halogens is 1. The van der Waals surface area contributed by atoms with Crippen molar-refractivity contribution in [3.63, 3.8) is 0 Å². The average Bonchev–Trinajstić information content (AvgIpc) is 2.40. The predicted molar refractivity (Wildman–Crippen MR) is 77.0 cm³/mol. The normalized spacial score (nSPS) is 12.2. The Hall–Kier alpha value is -0.940. The molecule has 1 aromatic rings. The summed E-state index contributed by atoms with van der Waals surface area (Å²) in [5.41, 5.74) is 6.15.